The molecule has 0 aliphatic heterocycles. The van der Waals surface area contributed by atoms with Gasteiger partial charge in [0.25, 0.3) is 11.1 Å². The molecule has 2 aromatic heterocycles. The van der Waals surface area contributed by atoms with Crippen LogP contribution in [0.1, 0.15) is 21.5 Å². The van der Waals surface area contributed by atoms with E-state index in [1.54, 1.807) is 54.6 Å². The quantitative estimate of drug-likeness (QED) is 0.189. The largest absolute Gasteiger partial charge is 0.497 e. The molecule has 0 saturated carbocycles. The molecule has 0 atom stereocenters. The fourth-order valence-corrected chi connectivity index (χ4v) is 4.52. The van der Waals surface area contributed by atoms with Crippen molar-refractivity contribution < 1.29 is 36.6 Å². The van der Waals surface area contributed by atoms with E-state index in [0.29, 0.717) is 33.9 Å². The molecule has 5 aromatic rings. The lowest BCUT2D eigenvalue weighted by Crippen LogP contribution is -2.20. The van der Waals surface area contributed by atoms with E-state index in [4.69, 9.17) is 18.9 Å². The molecular formula is C30H27FN6O7S. The number of H-pyrrole nitrogens is 1. The van der Waals surface area contributed by atoms with Crippen molar-refractivity contribution in [3.63, 3.8) is 0 Å². The molecule has 13 nitrogen and oxygen atoms in total. The summed E-state index contributed by atoms with van der Waals surface area (Å²) in [7, 11) is -0.927. The minimum absolute atomic E-state index is 0.108. The molecule has 0 spiro atoms. The number of halogens is 1. The highest BCUT2D eigenvalue weighted by molar-refractivity contribution is 7.90. The van der Waals surface area contributed by atoms with Crippen molar-refractivity contribution in [3.05, 3.63) is 95.4 Å². The summed E-state index contributed by atoms with van der Waals surface area (Å²) in [5.74, 6) is -1.21. The van der Waals surface area contributed by atoms with Crippen LogP contribution in [0.5, 0.6) is 23.3 Å². The number of aromatic amines is 1. The van der Waals surface area contributed by atoms with Gasteiger partial charge in [-0.25, -0.2) is 12.8 Å². The van der Waals surface area contributed by atoms with E-state index in [0.717, 1.165) is 6.26 Å². The maximum absolute atomic E-state index is 15.1. The molecule has 0 aliphatic carbocycles. The van der Waals surface area contributed by atoms with E-state index in [1.165, 1.54) is 32.5 Å². The van der Waals surface area contributed by atoms with Crippen molar-refractivity contribution in [3.8, 4) is 34.5 Å². The van der Waals surface area contributed by atoms with Gasteiger partial charge >= 0.3 is 0 Å². The van der Waals surface area contributed by atoms with E-state index in [1.807, 2.05) is 0 Å². The molecule has 5 rings (SSSR count). The Morgan fingerprint density at radius 2 is 1.42 bits per heavy atom. The van der Waals surface area contributed by atoms with Gasteiger partial charge in [0.15, 0.2) is 5.56 Å². The molecule has 2 heterocycles. The fraction of sp³-hybridized carbons (Fsp3) is 0.167. The Kier molecular flexibility index (Phi) is 9.18. The van der Waals surface area contributed by atoms with Gasteiger partial charge < -0.3 is 24.3 Å². The minimum Gasteiger partial charge on any atom is -0.497 e. The Labute approximate surface area is 257 Å². The first kappa shape index (κ1) is 30.9. The third kappa shape index (κ3) is 7.51. The Morgan fingerprint density at radius 1 is 0.867 bits per heavy atom. The second kappa shape index (κ2) is 13.4. The number of aromatic nitrogens is 5. The molecule has 232 valence electrons. The summed E-state index contributed by atoms with van der Waals surface area (Å²) < 4.78 is 62.4. The summed E-state index contributed by atoms with van der Waals surface area (Å²) in [6.07, 6.45) is 2.40. The number of sulfone groups is 1. The third-order valence-corrected chi connectivity index (χ3v) is 7.23. The van der Waals surface area contributed by atoms with E-state index in [9.17, 15) is 13.2 Å². The second-order valence-corrected chi connectivity index (χ2v) is 11.5. The zero-order chi connectivity index (χ0) is 32.0. The van der Waals surface area contributed by atoms with Crippen LogP contribution < -0.4 is 24.3 Å². The molecule has 0 aliphatic rings. The molecule has 0 radical (unpaired) electrons. The van der Waals surface area contributed by atoms with Gasteiger partial charge in [-0.05, 0) is 47.5 Å². The third-order valence-electron chi connectivity index (χ3n) is 6.38. The predicted molar refractivity (Wildman–Crippen MR) is 160 cm³/mol. The van der Waals surface area contributed by atoms with Crippen LogP contribution in [-0.4, -0.2) is 60.2 Å². The lowest BCUT2D eigenvalue weighted by Gasteiger charge is -2.16. The molecule has 15 heteroatoms. The van der Waals surface area contributed by atoms with E-state index >= 15 is 4.39 Å². The monoisotopic (exact) mass is 634 g/mol. The molecule has 2 N–H and O–H groups in total. The van der Waals surface area contributed by atoms with Crippen molar-refractivity contribution in [1.29, 1.82) is 0 Å². The Balaban J connectivity index is 1.52. The zero-order valence-electron chi connectivity index (χ0n) is 24.3. The number of carbonyl (C=O) groups excluding carboxylic acids is 1. The minimum atomic E-state index is -3.99. The van der Waals surface area contributed by atoms with Gasteiger partial charge in [-0.1, -0.05) is 35.5 Å². The van der Waals surface area contributed by atoms with Crippen LogP contribution in [0.2, 0.25) is 0 Å². The summed E-state index contributed by atoms with van der Waals surface area (Å²) in [5, 5.41) is 11.9. The summed E-state index contributed by atoms with van der Waals surface area (Å²) in [5.41, 5.74) is 1.63. The van der Waals surface area contributed by atoms with Crippen LogP contribution in [0, 0.1) is 5.82 Å². The van der Waals surface area contributed by atoms with E-state index < -0.39 is 26.7 Å². The van der Waals surface area contributed by atoms with Gasteiger partial charge in [0.05, 0.1) is 19.9 Å². The highest BCUT2D eigenvalue weighted by Gasteiger charge is 2.28. The summed E-state index contributed by atoms with van der Waals surface area (Å²) >= 11 is 0. The number of ether oxygens (including phenoxy) is 4. The number of hydrogen-bond acceptors (Lipinski definition) is 11. The molecule has 0 bridgehead atoms. The van der Waals surface area contributed by atoms with Crippen molar-refractivity contribution in [2.24, 2.45) is 0 Å². The van der Waals surface area contributed by atoms with Crippen molar-refractivity contribution in [2.45, 2.75) is 18.4 Å². The molecule has 1 amide bonds. The van der Waals surface area contributed by atoms with Gasteiger partial charge in [-0.3, -0.25) is 9.89 Å². The SMILES string of the molecule is COc1ccc(COc2nc(S(C)(=O)=O)nc(OCc3ccc(OC)cc3)c2C(=O)Nc2ccc(-c3c[nH]nn3)cc2F)cc1. The standard InChI is InChI=1S/C30H27FN6O7S/c1-41-21-9-4-18(5-10-21)16-43-28-26(27(38)33-24-13-8-20(14-23(24)31)25-15-32-37-36-25)29(35-30(34-28)45(3,39)40)44-17-19-6-11-22(42-2)12-7-19/h4-15H,16-17H2,1-3H3,(H,33,38)(H,32,36,37). The van der Waals surface area contributed by atoms with Gasteiger partial charge in [-0.2, -0.15) is 9.97 Å². The van der Waals surface area contributed by atoms with Gasteiger partial charge in [0.2, 0.25) is 21.6 Å². The number of anilines is 1. The molecule has 45 heavy (non-hydrogen) atoms. The zero-order valence-corrected chi connectivity index (χ0v) is 25.1. The molecule has 0 saturated heterocycles. The first-order valence-corrected chi connectivity index (χ1v) is 15.1. The maximum Gasteiger partial charge on any atom is 0.266 e. The van der Waals surface area contributed by atoms with Crippen molar-refractivity contribution in [2.75, 3.05) is 25.8 Å². The first-order valence-electron chi connectivity index (χ1n) is 13.3. The molecule has 0 fully saturated rings. The Hall–Kier alpha value is -5.57. The number of methoxy groups -OCH3 is 2. The van der Waals surface area contributed by atoms with Crippen LogP contribution in [0.3, 0.4) is 0 Å². The Morgan fingerprint density at radius 3 is 1.87 bits per heavy atom. The lowest BCUT2D eigenvalue weighted by atomic mass is 10.1. The number of carbonyl (C=O) groups is 1. The average molecular weight is 635 g/mol. The summed E-state index contributed by atoms with van der Waals surface area (Å²) in [6.45, 7) is -0.216. The van der Waals surface area contributed by atoms with E-state index in [2.05, 4.69) is 30.7 Å². The van der Waals surface area contributed by atoms with Crippen molar-refractivity contribution in [1.82, 2.24) is 25.4 Å². The van der Waals surface area contributed by atoms with Crippen molar-refractivity contribution >= 4 is 21.4 Å². The maximum atomic E-state index is 15.1. The van der Waals surface area contributed by atoms with Gasteiger partial charge in [-0.15, -0.1) is 5.10 Å². The summed E-state index contributed by atoms with van der Waals surface area (Å²) in [4.78, 5) is 21.8. The number of nitrogens with zero attached hydrogens (tertiary/aromatic N) is 4. The smallest absolute Gasteiger partial charge is 0.266 e. The number of hydrogen-bond donors (Lipinski definition) is 2. The molecule has 0 unspecified atom stereocenters. The van der Waals surface area contributed by atoms with Crippen LogP contribution in [-0.2, 0) is 23.1 Å². The second-order valence-electron chi connectivity index (χ2n) is 9.54. The highest BCUT2D eigenvalue weighted by Crippen LogP contribution is 2.31. The topological polar surface area (TPSA) is 168 Å². The highest BCUT2D eigenvalue weighted by atomic mass is 32.2. The van der Waals surface area contributed by atoms with Crippen LogP contribution in [0.25, 0.3) is 11.3 Å². The first-order chi connectivity index (χ1) is 21.6. The molecule has 3 aromatic carbocycles. The van der Waals surface area contributed by atoms with E-state index in [-0.39, 0.29) is 36.2 Å². The van der Waals surface area contributed by atoms with Gasteiger partial charge in [0, 0.05) is 18.0 Å². The predicted octanol–water partition coefficient (Wildman–Crippen LogP) is 4.23. The van der Waals surface area contributed by atoms with Crippen LogP contribution >= 0.6 is 0 Å². The fourth-order valence-electron chi connectivity index (χ4n) is 4.02. The molecular weight excluding hydrogens is 607 g/mol. The lowest BCUT2D eigenvalue weighted by molar-refractivity contribution is 0.101. The Bertz CT molecular complexity index is 1830. The average Bonchev–Trinajstić information content (AvgIpc) is 3.59. The van der Waals surface area contributed by atoms with Crippen LogP contribution in [0.15, 0.2) is 78.1 Å². The van der Waals surface area contributed by atoms with Crippen LogP contribution in [0.4, 0.5) is 10.1 Å². The summed E-state index contributed by atoms with van der Waals surface area (Å²) in [6, 6.07) is 17.8. The number of nitrogens with one attached hydrogen (secondary N) is 2. The number of benzene rings is 3. The normalized spacial score (nSPS) is 11.1. The van der Waals surface area contributed by atoms with Gasteiger partial charge in [0.1, 0.15) is 36.2 Å². The number of rotatable bonds is 12. The number of amides is 1.